The third-order valence-electron chi connectivity index (χ3n) is 14.4. The first-order valence-electron chi connectivity index (χ1n) is 22.5. The number of pyridine rings is 1. The molecule has 64 heavy (non-hydrogen) atoms. The molecule has 14 nitrogen and oxygen atoms in total. The average Bonchev–Trinajstić information content (AvgIpc) is 3.77. The molecule has 3 aliphatic heterocycles. The molecule has 2 saturated heterocycles. The summed E-state index contributed by atoms with van der Waals surface area (Å²) in [5.74, 6) is -0.931. The molecular formula is C47H55F3N8O6. The number of aromatic nitrogens is 3. The number of anilines is 2. The Morgan fingerprint density at radius 2 is 1.69 bits per heavy atom. The van der Waals surface area contributed by atoms with Gasteiger partial charge >= 0.3 is 6.18 Å². The summed E-state index contributed by atoms with van der Waals surface area (Å²) in [5.41, 5.74) is 0.365. The van der Waals surface area contributed by atoms with Crippen molar-refractivity contribution in [3.05, 3.63) is 82.8 Å². The summed E-state index contributed by atoms with van der Waals surface area (Å²) in [4.78, 5) is 57.9. The zero-order valence-corrected chi connectivity index (χ0v) is 36.1. The van der Waals surface area contributed by atoms with Crippen LogP contribution in [0.1, 0.15) is 134 Å². The van der Waals surface area contributed by atoms with E-state index in [1.54, 1.807) is 38.1 Å². The lowest BCUT2D eigenvalue weighted by Gasteiger charge is -2.53. The number of halogens is 3. The van der Waals surface area contributed by atoms with Crippen LogP contribution in [0.15, 0.2) is 54.7 Å². The molecule has 2 aromatic carbocycles. The van der Waals surface area contributed by atoms with E-state index in [-0.39, 0.29) is 36.2 Å². The van der Waals surface area contributed by atoms with Gasteiger partial charge in [-0.25, -0.2) is 4.98 Å². The van der Waals surface area contributed by atoms with Crippen molar-refractivity contribution in [2.45, 2.75) is 115 Å². The molecule has 2 aromatic heterocycles. The Labute approximate surface area is 369 Å². The van der Waals surface area contributed by atoms with Crippen LogP contribution in [0.5, 0.6) is 0 Å². The number of imide groups is 1. The molecule has 17 heteroatoms. The zero-order chi connectivity index (χ0) is 45.1. The van der Waals surface area contributed by atoms with Crippen molar-refractivity contribution in [3.63, 3.8) is 0 Å². The topological polar surface area (TPSA) is 182 Å². The van der Waals surface area contributed by atoms with Gasteiger partial charge in [-0.1, -0.05) is 12.1 Å². The van der Waals surface area contributed by atoms with Crippen LogP contribution < -0.4 is 16.0 Å². The highest BCUT2D eigenvalue weighted by Crippen LogP contribution is 2.54. The summed E-state index contributed by atoms with van der Waals surface area (Å²) in [6, 6.07) is 11.2. The predicted molar refractivity (Wildman–Crippen MR) is 231 cm³/mol. The average molecular weight is 885 g/mol. The van der Waals surface area contributed by atoms with Gasteiger partial charge < -0.3 is 25.7 Å². The molecule has 4 amide bonds. The lowest BCUT2D eigenvalue weighted by molar-refractivity contribution is -0.141. The molecular weight excluding hydrogens is 830 g/mol. The highest BCUT2D eigenvalue weighted by molar-refractivity contribution is 6.07. The molecule has 5 heterocycles. The van der Waals surface area contributed by atoms with E-state index in [0.29, 0.717) is 51.7 Å². The van der Waals surface area contributed by atoms with Crippen LogP contribution in [0.2, 0.25) is 0 Å². The predicted octanol–water partition coefficient (Wildman–Crippen LogP) is 6.91. The van der Waals surface area contributed by atoms with E-state index >= 15 is 0 Å². The van der Waals surface area contributed by atoms with Gasteiger partial charge in [0, 0.05) is 59.2 Å². The smallest absolute Gasteiger partial charge is 0.386 e. The molecule has 0 bridgehead atoms. The lowest BCUT2D eigenvalue weighted by atomic mass is 9.57. The minimum atomic E-state index is -4.69. The third-order valence-corrected chi connectivity index (χ3v) is 14.4. The lowest BCUT2D eigenvalue weighted by Crippen LogP contribution is -2.53. The van der Waals surface area contributed by atoms with Crippen molar-refractivity contribution in [2.75, 3.05) is 36.8 Å². The quantitative estimate of drug-likeness (QED) is 0.0994. The molecule has 5 aliphatic rings. The maximum Gasteiger partial charge on any atom is 0.433 e. The number of rotatable bonds is 11. The fraction of sp³-hybridized carbons (Fsp3) is 0.532. The normalized spacial score (nSPS) is 24.2. The number of hydrogen-bond donors (Lipinski definition) is 5. The van der Waals surface area contributed by atoms with E-state index in [9.17, 15) is 42.6 Å². The van der Waals surface area contributed by atoms with E-state index in [1.807, 2.05) is 16.9 Å². The van der Waals surface area contributed by atoms with Gasteiger partial charge in [-0.05, 0) is 145 Å². The molecule has 2 atom stereocenters. The molecule has 9 rings (SSSR count). The van der Waals surface area contributed by atoms with Crippen molar-refractivity contribution >= 4 is 45.9 Å². The second-order valence-electron chi connectivity index (χ2n) is 19.3. The van der Waals surface area contributed by atoms with Crippen LogP contribution in [-0.2, 0) is 21.4 Å². The second kappa shape index (κ2) is 16.9. The molecule has 4 fully saturated rings. The van der Waals surface area contributed by atoms with E-state index in [4.69, 9.17) is 5.10 Å². The Kier molecular flexibility index (Phi) is 11.6. The summed E-state index contributed by atoms with van der Waals surface area (Å²) in [6.45, 7) is 7.17. The number of carbonyl (C=O) groups excluding carboxylic acids is 4. The van der Waals surface area contributed by atoms with Crippen LogP contribution in [0.3, 0.4) is 0 Å². The minimum Gasteiger partial charge on any atom is -0.386 e. The molecule has 1 spiro atoms. The van der Waals surface area contributed by atoms with Gasteiger partial charge in [0.1, 0.15) is 17.4 Å². The third kappa shape index (κ3) is 8.73. The standard InChI is InChI=1S/C47H55F3N8O6/c1-45(2,64)32-22-35-29(21-36(32)53-41(60)34-7-4-8-38(52-34)47(48,49)50)26-57(55-35)30-11-9-27(10-12-30)25-56-19-16-46(17-20-56)23-28(24-46)15-18-51-33-6-3-5-31-40(33)44(63)58(43(31)62)37-13-14-39(59)54-42(37)61/h3-8,21-22,26-28,30,37,44,51,63-64H,9-20,23-25H2,1-2H3,(H,53,60)(H,54,59,61)/t27-,30-,37?,44?. The number of hydrogen-bond acceptors (Lipinski definition) is 10. The van der Waals surface area contributed by atoms with Gasteiger partial charge in [-0.2, -0.15) is 18.3 Å². The van der Waals surface area contributed by atoms with Crippen molar-refractivity contribution < 1.29 is 42.6 Å². The number of piperidine rings is 2. The molecule has 2 aliphatic carbocycles. The molecule has 2 unspecified atom stereocenters. The summed E-state index contributed by atoms with van der Waals surface area (Å²) < 4.78 is 41.8. The number of aliphatic hydroxyl groups excluding tert-OH is 1. The molecule has 340 valence electrons. The van der Waals surface area contributed by atoms with Gasteiger partial charge in [0.2, 0.25) is 11.8 Å². The number of alkyl halides is 3. The largest absolute Gasteiger partial charge is 0.433 e. The van der Waals surface area contributed by atoms with Crippen LogP contribution >= 0.6 is 0 Å². The fourth-order valence-electron chi connectivity index (χ4n) is 11.0. The number of nitrogens with zero attached hydrogens (tertiary/aromatic N) is 5. The summed E-state index contributed by atoms with van der Waals surface area (Å²) in [7, 11) is 0. The van der Waals surface area contributed by atoms with Crippen LogP contribution in [0.25, 0.3) is 10.9 Å². The Hall–Kier alpha value is -5.39. The van der Waals surface area contributed by atoms with Gasteiger partial charge in [0.05, 0.1) is 17.2 Å². The monoisotopic (exact) mass is 884 g/mol. The number of nitrogens with one attached hydrogen (secondary N) is 3. The Morgan fingerprint density at radius 3 is 2.39 bits per heavy atom. The molecule has 2 saturated carbocycles. The summed E-state index contributed by atoms with van der Waals surface area (Å²) in [5, 5.41) is 36.3. The number of fused-ring (bicyclic) bond motifs is 2. The van der Waals surface area contributed by atoms with Gasteiger partial charge in [-0.3, -0.25) is 34.1 Å². The summed E-state index contributed by atoms with van der Waals surface area (Å²) in [6.07, 6.45) is 6.23. The maximum atomic E-state index is 13.3. The maximum absolute atomic E-state index is 13.3. The highest BCUT2D eigenvalue weighted by atomic mass is 19.4. The fourth-order valence-corrected chi connectivity index (χ4v) is 11.0. The summed E-state index contributed by atoms with van der Waals surface area (Å²) >= 11 is 0. The zero-order valence-electron chi connectivity index (χ0n) is 36.1. The highest BCUT2D eigenvalue weighted by Gasteiger charge is 2.47. The minimum absolute atomic E-state index is 0.119. The van der Waals surface area contributed by atoms with Crippen molar-refractivity contribution in [3.8, 4) is 0 Å². The molecule has 0 radical (unpaired) electrons. The van der Waals surface area contributed by atoms with Crippen LogP contribution in [0, 0.1) is 17.3 Å². The van der Waals surface area contributed by atoms with Crippen molar-refractivity contribution in [1.29, 1.82) is 0 Å². The Bertz CT molecular complexity index is 2460. The van der Waals surface area contributed by atoms with E-state index < -0.39 is 47.5 Å². The Balaban J connectivity index is 0.730. The van der Waals surface area contributed by atoms with Gasteiger partial charge in [0.15, 0.2) is 6.23 Å². The SMILES string of the molecule is CC(C)(O)c1cc2nn([C@H]3CC[C@H](CN4CCC5(CC4)CC(CCNc4cccc6c4C(O)N(C4CCC(=O)NC4=O)C6=O)C5)CC3)cc2cc1NC(=O)c1cccc(C(F)(F)F)n1. The second-order valence-corrected chi connectivity index (χ2v) is 19.3. The van der Waals surface area contributed by atoms with E-state index in [2.05, 4.69) is 25.8 Å². The van der Waals surface area contributed by atoms with Gasteiger partial charge in [0.25, 0.3) is 11.8 Å². The van der Waals surface area contributed by atoms with Crippen molar-refractivity contribution in [1.82, 2.24) is 29.9 Å². The van der Waals surface area contributed by atoms with Crippen LogP contribution in [0.4, 0.5) is 24.5 Å². The number of benzene rings is 2. The van der Waals surface area contributed by atoms with Gasteiger partial charge in [-0.15, -0.1) is 0 Å². The van der Waals surface area contributed by atoms with Crippen LogP contribution in [-0.4, -0.2) is 90.6 Å². The number of aliphatic hydroxyl groups is 2. The first-order valence-corrected chi connectivity index (χ1v) is 22.5. The van der Waals surface area contributed by atoms with E-state index in [1.165, 1.54) is 36.6 Å². The number of likely N-dealkylation sites (tertiary alicyclic amines) is 1. The van der Waals surface area contributed by atoms with E-state index in [0.717, 1.165) is 69.3 Å². The first kappa shape index (κ1) is 43.8. The van der Waals surface area contributed by atoms with Crippen molar-refractivity contribution in [2.24, 2.45) is 17.3 Å². The number of carbonyl (C=O) groups is 4. The number of amides is 4. The molecule has 5 N–H and O–H groups in total. The Morgan fingerprint density at radius 1 is 0.953 bits per heavy atom. The first-order chi connectivity index (χ1) is 30.4. The molecule has 4 aromatic rings.